The van der Waals surface area contributed by atoms with Crippen LogP contribution in [0.5, 0.6) is 11.8 Å². The Bertz CT molecular complexity index is 1790. The lowest BCUT2D eigenvalue weighted by atomic mass is 9.88. The zero-order valence-corrected chi connectivity index (χ0v) is 21.3. The molecular weight excluding hydrogens is 497 g/mol. The van der Waals surface area contributed by atoms with E-state index in [0.29, 0.717) is 46.4 Å². The standard InChI is InChI=1S/C29H24FN7O2/c1-4-18-9-15(2)21(13-33-18)26-24(25-27(31)34-14-35-28(25)37(26)19-11-20(38)12-19)17-5-6-23(22(30)10-17)39-29-32-8-7-16(3)36-29/h1,5-10,13-14,19-20,38H,11-12H2,2-3H3,(H2,31,34,35)/t19-,20-. The second kappa shape index (κ2) is 9.45. The first-order valence-corrected chi connectivity index (χ1v) is 12.4. The number of ether oxygens (including phenoxy) is 1. The molecule has 10 heteroatoms. The number of nitrogen functional groups attached to an aromatic ring is 1. The number of aromatic nitrogens is 6. The van der Waals surface area contributed by atoms with Crippen LogP contribution in [0.25, 0.3) is 33.4 Å². The van der Waals surface area contributed by atoms with Crippen molar-refractivity contribution in [3.05, 3.63) is 71.8 Å². The van der Waals surface area contributed by atoms with Gasteiger partial charge in [-0.15, -0.1) is 6.42 Å². The lowest BCUT2D eigenvalue weighted by Gasteiger charge is -2.34. The highest BCUT2D eigenvalue weighted by atomic mass is 19.1. The van der Waals surface area contributed by atoms with E-state index in [9.17, 15) is 5.11 Å². The smallest absolute Gasteiger partial charge is 0.322 e. The van der Waals surface area contributed by atoms with Gasteiger partial charge >= 0.3 is 6.01 Å². The normalized spacial score (nSPS) is 16.6. The largest absolute Gasteiger partial charge is 0.421 e. The summed E-state index contributed by atoms with van der Waals surface area (Å²) in [6, 6.07) is 8.22. The van der Waals surface area contributed by atoms with Crippen molar-refractivity contribution in [1.82, 2.24) is 29.5 Å². The highest BCUT2D eigenvalue weighted by Gasteiger charge is 2.35. The van der Waals surface area contributed by atoms with Crippen LogP contribution >= 0.6 is 0 Å². The molecule has 0 aliphatic heterocycles. The van der Waals surface area contributed by atoms with E-state index in [-0.39, 0.29) is 23.6 Å². The molecule has 5 aromatic rings. The lowest BCUT2D eigenvalue weighted by Crippen LogP contribution is -2.31. The Balaban J connectivity index is 1.59. The van der Waals surface area contributed by atoms with Crippen LogP contribution in [0, 0.1) is 32.0 Å². The van der Waals surface area contributed by atoms with Crippen molar-refractivity contribution in [1.29, 1.82) is 0 Å². The number of aliphatic hydroxyl groups is 1. The molecular formula is C29H24FN7O2. The van der Waals surface area contributed by atoms with Crippen LogP contribution in [0.4, 0.5) is 10.2 Å². The van der Waals surface area contributed by atoms with E-state index in [0.717, 1.165) is 16.8 Å². The Kier molecular flexibility index (Phi) is 5.93. The topological polar surface area (TPSA) is 125 Å². The van der Waals surface area contributed by atoms with Gasteiger partial charge in [-0.2, -0.15) is 0 Å². The first-order valence-electron chi connectivity index (χ1n) is 12.4. The molecule has 0 bridgehead atoms. The first-order chi connectivity index (χ1) is 18.8. The highest BCUT2D eigenvalue weighted by molar-refractivity contribution is 6.08. The van der Waals surface area contributed by atoms with Crippen molar-refractivity contribution in [2.45, 2.75) is 38.8 Å². The molecule has 1 aromatic carbocycles. The number of terminal acetylenes is 1. The van der Waals surface area contributed by atoms with Gasteiger partial charge in [-0.25, -0.2) is 29.3 Å². The molecule has 1 aliphatic rings. The Labute approximate surface area is 223 Å². The van der Waals surface area contributed by atoms with E-state index in [2.05, 4.69) is 35.4 Å². The third-order valence-corrected chi connectivity index (χ3v) is 6.97. The summed E-state index contributed by atoms with van der Waals surface area (Å²) in [5, 5.41) is 10.7. The summed E-state index contributed by atoms with van der Waals surface area (Å²) >= 11 is 0. The van der Waals surface area contributed by atoms with Crippen molar-refractivity contribution in [3.8, 4) is 46.5 Å². The number of benzene rings is 1. The summed E-state index contributed by atoms with van der Waals surface area (Å²) in [5.41, 5.74) is 11.8. The molecule has 0 spiro atoms. The van der Waals surface area contributed by atoms with Crippen LogP contribution in [-0.4, -0.2) is 40.7 Å². The maximum Gasteiger partial charge on any atom is 0.322 e. The number of hydrogen-bond donors (Lipinski definition) is 2. The first kappa shape index (κ1) is 24.5. The maximum atomic E-state index is 15.5. The Hall–Kier alpha value is -4.88. The van der Waals surface area contributed by atoms with E-state index in [1.54, 1.807) is 31.5 Å². The molecule has 0 unspecified atom stereocenters. The van der Waals surface area contributed by atoms with Crippen LogP contribution in [0.15, 0.2) is 49.1 Å². The van der Waals surface area contributed by atoms with Gasteiger partial charge in [-0.05, 0) is 62.1 Å². The number of hydrogen-bond acceptors (Lipinski definition) is 8. The van der Waals surface area contributed by atoms with Gasteiger partial charge in [0.15, 0.2) is 11.6 Å². The van der Waals surface area contributed by atoms with Crippen molar-refractivity contribution in [2.24, 2.45) is 0 Å². The number of rotatable bonds is 5. The molecule has 4 aromatic heterocycles. The Morgan fingerprint density at radius 2 is 1.95 bits per heavy atom. The van der Waals surface area contributed by atoms with E-state index >= 15 is 4.39 Å². The maximum absolute atomic E-state index is 15.5. The minimum absolute atomic E-state index is 0.0165. The lowest BCUT2D eigenvalue weighted by molar-refractivity contribution is 0.0508. The Morgan fingerprint density at radius 3 is 2.64 bits per heavy atom. The average Bonchev–Trinajstić information content (AvgIpc) is 3.23. The number of fused-ring (bicyclic) bond motifs is 1. The highest BCUT2D eigenvalue weighted by Crippen LogP contribution is 2.48. The minimum Gasteiger partial charge on any atom is -0.421 e. The van der Waals surface area contributed by atoms with Gasteiger partial charge in [-0.1, -0.05) is 12.0 Å². The van der Waals surface area contributed by atoms with Crippen LogP contribution in [0.3, 0.4) is 0 Å². The molecule has 1 fully saturated rings. The van der Waals surface area contributed by atoms with Gasteiger partial charge in [0.05, 0.1) is 17.2 Å². The molecule has 0 amide bonds. The molecule has 0 atom stereocenters. The van der Waals surface area contributed by atoms with Crippen LogP contribution in [0.2, 0.25) is 0 Å². The second-order valence-corrected chi connectivity index (χ2v) is 9.59. The average molecular weight is 522 g/mol. The van der Waals surface area contributed by atoms with Crippen molar-refractivity contribution < 1.29 is 14.2 Å². The zero-order chi connectivity index (χ0) is 27.3. The summed E-state index contributed by atoms with van der Waals surface area (Å²) in [4.78, 5) is 21.5. The summed E-state index contributed by atoms with van der Waals surface area (Å²) in [6.45, 7) is 3.74. The number of aliphatic hydroxyl groups excluding tert-OH is 1. The molecule has 4 heterocycles. The number of pyridine rings is 1. The summed E-state index contributed by atoms with van der Waals surface area (Å²) < 4.78 is 23.2. The van der Waals surface area contributed by atoms with E-state index in [1.807, 2.05) is 13.0 Å². The van der Waals surface area contributed by atoms with Gasteiger partial charge in [0.2, 0.25) is 0 Å². The van der Waals surface area contributed by atoms with Gasteiger partial charge in [0.25, 0.3) is 0 Å². The van der Waals surface area contributed by atoms with Crippen molar-refractivity contribution in [3.63, 3.8) is 0 Å². The number of nitrogens with two attached hydrogens (primary N) is 1. The SMILES string of the molecule is C#Cc1cc(C)c(-c2c(-c3ccc(Oc4nccc(C)n4)c(F)c3)c3c(N)ncnc3n2[C@H]2C[C@H](O)C2)cn1. The third-order valence-electron chi connectivity index (χ3n) is 6.97. The monoisotopic (exact) mass is 521 g/mol. The minimum atomic E-state index is -0.600. The van der Waals surface area contributed by atoms with Crippen LogP contribution in [0.1, 0.15) is 35.8 Å². The zero-order valence-electron chi connectivity index (χ0n) is 21.3. The molecule has 3 N–H and O–H groups in total. The fourth-order valence-corrected chi connectivity index (χ4v) is 5.02. The van der Waals surface area contributed by atoms with E-state index < -0.39 is 11.9 Å². The summed E-state index contributed by atoms with van der Waals surface area (Å²) in [7, 11) is 0. The van der Waals surface area contributed by atoms with Gasteiger partial charge in [-0.3, -0.25) is 0 Å². The molecule has 6 rings (SSSR count). The third kappa shape index (κ3) is 4.23. The summed E-state index contributed by atoms with van der Waals surface area (Å²) in [5.74, 6) is 2.21. The van der Waals surface area contributed by atoms with Crippen LogP contribution in [-0.2, 0) is 0 Å². The van der Waals surface area contributed by atoms with E-state index in [1.165, 1.54) is 18.5 Å². The predicted molar refractivity (Wildman–Crippen MR) is 144 cm³/mol. The fourth-order valence-electron chi connectivity index (χ4n) is 5.02. The predicted octanol–water partition coefficient (Wildman–Crippen LogP) is 4.76. The number of anilines is 1. The number of halogens is 1. The fraction of sp³-hybridized carbons (Fsp3) is 0.207. The number of nitrogens with zero attached hydrogens (tertiary/aromatic N) is 6. The molecule has 39 heavy (non-hydrogen) atoms. The molecule has 194 valence electrons. The van der Waals surface area contributed by atoms with Crippen molar-refractivity contribution in [2.75, 3.05) is 5.73 Å². The van der Waals surface area contributed by atoms with E-state index in [4.69, 9.17) is 16.9 Å². The van der Waals surface area contributed by atoms with Gasteiger partial charge in [0.1, 0.15) is 23.5 Å². The number of aryl methyl sites for hydroxylation is 2. The molecule has 0 radical (unpaired) electrons. The van der Waals surface area contributed by atoms with Crippen molar-refractivity contribution >= 4 is 16.9 Å². The Morgan fingerprint density at radius 1 is 1.13 bits per heavy atom. The van der Waals surface area contributed by atoms with Gasteiger partial charge < -0.3 is 20.1 Å². The quantitative estimate of drug-likeness (QED) is 0.317. The van der Waals surface area contributed by atoms with Crippen LogP contribution < -0.4 is 10.5 Å². The molecule has 1 saturated carbocycles. The molecule has 0 saturated heterocycles. The van der Waals surface area contributed by atoms with Gasteiger partial charge in [0, 0.05) is 35.3 Å². The molecule has 9 nitrogen and oxygen atoms in total. The second-order valence-electron chi connectivity index (χ2n) is 9.59. The molecule has 1 aliphatic carbocycles. The summed E-state index contributed by atoms with van der Waals surface area (Å²) in [6.07, 6.45) is 10.9.